The summed E-state index contributed by atoms with van der Waals surface area (Å²) in [5, 5.41) is 11.8. The van der Waals surface area contributed by atoms with E-state index in [0.29, 0.717) is 43.1 Å². The Morgan fingerprint density at radius 3 is 2.67 bits per heavy atom. The number of hydrogen-bond acceptors (Lipinski definition) is 5. The first-order chi connectivity index (χ1) is 15.9. The fourth-order valence-corrected chi connectivity index (χ4v) is 4.00. The number of amides is 2. The van der Waals surface area contributed by atoms with Gasteiger partial charge in [0.25, 0.3) is 5.91 Å². The van der Waals surface area contributed by atoms with E-state index in [4.69, 9.17) is 0 Å². The summed E-state index contributed by atoms with van der Waals surface area (Å²) in [7, 11) is 0. The van der Waals surface area contributed by atoms with Crippen molar-refractivity contribution < 1.29 is 14.0 Å². The normalized spacial score (nSPS) is 14.5. The molecule has 1 aromatic carbocycles. The zero-order chi connectivity index (χ0) is 23.4. The van der Waals surface area contributed by atoms with Crippen molar-refractivity contribution in [3.05, 3.63) is 77.4 Å². The molecule has 0 aliphatic carbocycles. The van der Waals surface area contributed by atoms with Crippen LogP contribution < -0.4 is 5.32 Å². The van der Waals surface area contributed by atoms with Gasteiger partial charge in [-0.3, -0.25) is 14.6 Å². The van der Waals surface area contributed by atoms with Crippen LogP contribution in [0, 0.1) is 11.7 Å². The van der Waals surface area contributed by atoms with Crippen molar-refractivity contribution in [1.29, 1.82) is 0 Å². The maximum Gasteiger partial charge on any atom is 0.270 e. The molecule has 1 atom stereocenters. The van der Waals surface area contributed by atoms with Gasteiger partial charge in [0.05, 0.1) is 12.5 Å². The Morgan fingerprint density at radius 2 is 1.94 bits per heavy atom. The van der Waals surface area contributed by atoms with E-state index in [1.165, 1.54) is 12.1 Å². The Hall–Kier alpha value is -3.62. The van der Waals surface area contributed by atoms with Gasteiger partial charge in [0, 0.05) is 32.3 Å². The van der Waals surface area contributed by atoms with Gasteiger partial charge in [-0.15, -0.1) is 10.2 Å². The molecule has 0 saturated heterocycles. The standard InChI is InChI=1S/C24H27FN6O2/c1-16(2)22(27-24(33)19-8-3-4-10-26-19)23-29-28-20-9-11-30(12-13-31(20)23)21(32)15-17-6-5-7-18(25)14-17/h3-8,10,14,16,22H,9,11-13,15H2,1-2H3,(H,27,33)/t22-/m0/s1. The van der Waals surface area contributed by atoms with Gasteiger partial charge in [0.1, 0.15) is 17.3 Å². The van der Waals surface area contributed by atoms with Crippen LogP contribution in [0.1, 0.15) is 47.6 Å². The molecule has 2 aromatic heterocycles. The Balaban J connectivity index is 1.47. The van der Waals surface area contributed by atoms with E-state index in [-0.39, 0.29) is 36.0 Å². The zero-order valence-electron chi connectivity index (χ0n) is 18.7. The zero-order valence-corrected chi connectivity index (χ0v) is 18.7. The van der Waals surface area contributed by atoms with Gasteiger partial charge in [-0.25, -0.2) is 4.39 Å². The van der Waals surface area contributed by atoms with Crippen molar-refractivity contribution in [1.82, 2.24) is 30.0 Å². The number of rotatable bonds is 6. The Labute approximate surface area is 191 Å². The second-order valence-corrected chi connectivity index (χ2v) is 8.47. The topological polar surface area (TPSA) is 93.0 Å². The van der Waals surface area contributed by atoms with Crippen LogP contribution in [-0.4, -0.2) is 49.6 Å². The number of benzene rings is 1. The summed E-state index contributed by atoms with van der Waals surface area (Å²) in [5.41, 5.74) is 0.995. The number of aromatic nitrogens is 4. The predicted molar refractivity (Wildman–Crippen MR) is 120 cm³/mol. The Bertz CT molecular complexity index is 1130. The Morgan fingerprint density at radius 1 is 1.09 bits per heavy atom. The molecule has 3 aromatic rings. The molecule has 2 amide bonds. The number of fused-ring (bicyclic) bond motifs is 1. The maximum atomic E-state index is 13.5. The van der Waals surface area contributed by atoms with Crippen molar-refractivity contribution >= 4 is 11.8 Å². The van der Waals surface area contributed by atoms with Crippen LogP contribution in [0.5, 0.6) is 0 Å². The highest BCUT2D eigenvalue weighted by Gasteiger charge is 2.29. The summed E-state index contributed by atoms with van der Waals surface area (Å²) >= 11 is 0. The number of nitrogens with one attached hydrogen (secondary N) is 1. The minimum absolute atomic E-state index is 0.0512. The molecule has 3 heterocycles. The number of nitrogens with zero attached hydrogens (tertiary/aromatic N) is 5. The van der Waals surface area contributed by atoms with E-state index in [9.17, 15) is 14.0 Å². The maximum absolute atomic E-state index is 13.5. The van der Waals surface area contributed by atoms with Gasteiger partial charge in [-0.1, -0.05) is 32.0 Å². The molecular formula is C24H27FN6O2. The first-order valence-electron chi connectivity index (χ1n) is 11.1. The summed E-state index contributed by atoms with van der Waals surface area (Å²) in [6.45, 7) is 5.55. The molecule has 0 spiro atoms. The lowest BCUT2D eigenvalue weighted by atomic mass is 10.0. The Kier molecular flexibility index (Phi) is 6.76. The average Bonchev–Trinajstić information content (AvgIpc) is 3.07. The fraction of sp³-hybridized carbons (Fsp3) is 0.375. The number of halogens is 1. The van der Waals surface area contributed by atoms with E-state index in [0.717, 1.165) is 5.82 Å². The lowest BCUT2D eigenvalue weighted by Crippen LogP contribution is -2.36. The molecule has 172 valence electrons. The van der Waals surface area contributed by atoms with Crippen LogP contribution in [-0.2, 0) is 24.2 Å². The molecule has 33 heavy (non-hydrogen) atoms. The highest BCUT2D eigenvalue weighted by Crippen LogP contribution is 2.23. The van der Waals surface area contributed by atoms with Gasteiger partial charge in [0.15, 0.2) is 5.82 Å². The van der Waals surface area contributed by atoms with Gasteiger partial charge in [-0.05, 0) is 35.7 Å². The van der Waals surface area contributed by atoms with Gasteiger partial charge in [0.2, 0.25) is 5.91 Å². The number of carbonyl (C=O) groups is 2. The third kappa shape index (κ3) is 5.24. The van der Waals surface area contributed by atoms with Crippen LogP contribution in [0.3, 0.4) is 0 Å². The van der Waals surface area contributed by atoms with Crippen LogP contribution >= 0.6 is 0 Å². The summed E-state index contributed by atoms with van der Waals surface area (Å²) in [4.78, 5) is 31.4. The lowest BCUT2D eigenvalue weighted by Gasteiger charge is -2.23. The first-order valence-corrected chi connectivity index (χ1v) is 11.1. The summed E-state index contributed by atoms with van der Waals surface area (Å²) in [5.74, 6) is 0.851. The summed E-state index contributed by atoms with van der Waals surface area (Å²) in [6.07, 6.45) is 2.29. The first kappa shape index (κ1) is 22.6. The van der Waals surface area contributed by atoms with Crippen LogP contribution in [0.25, 0.3) is 0 Å². The average molecular weight is 451 g/mol. The quantitative estimate of drug-likeness (QED) is 0.623. The van der Waals surface area contributed by atoms with Gasteiger partial charge >= 0.3 is 0 Å². The highest BCUT2D eigenvalue weighted by molar-refractivity contribution is 5.92. The van der Waals surface area contributed by atoms with Gasteiger partial charge in [-0.2, -0.15) is 0 Å². The van der Waals surface area contributed by atoms with Crippen molar-refractivity contribution in [2.45, 2.75) is 39.3 Å². The van der Waals surface area contributed by atoms with E-state index < -0.39 is 0 Å². The summed E-state index contributed by atoms with van der Waals surface area (Å²) < 4.78 is 15.5. The lowest BCUT2D eigenvalue weighted by molar-refractivity contribution is -0.130. The molecule has 0 bridgehead atoms. The van der Waals surface area contributed by atoms with Crippen LogP contribution in [0.15, 0.2) is 48.7 Å². The second-order valence-electron chi connectivity index (χ2n) is 8.47. The number of hydrogen-bond donors (Lipinski definition) is 1. The molecule has 0 unspecified atom stereocenters. The molecule has 1 aliphatic heterocycles. The predicted octanol–water partition coefficient (Wildman–Crippen LogP) is 2.57. The monoisotopic (exact) mass is 450 g/mol. The molecule has 4 rings (SSSR count). The van der Waals surface area contributed by atoms with Crippen LogP contribution in [0.2, 0.25) is 0 Å². The fourth-order valence-electron chi connectivity index (χ4n) is 4.00. The van der Waals surface area contributed by atoms with E-state index in [2.05, 4.69) is 20.5 Å². The smallest absolute Gasteiger partial charge is 0.270 e. The van der Waals surface area contributed by atoms with Crippen molar-refractivity contribution in [3.63, 3.8) is 0 Å². The molecule has 1 aliphatic rings. The van der Waals surface area contributed by atoms with E-state index in [1.807, 2.05) is 18.4 Å². The van der Waals surface area contributed by atoms with Crippen LogP contribution in [0.4, 0.5) is 4.39 Å². The molecule has 1 N–H and O–H groups in total. The van der Waals surface area contributed by atoms with Crippen molar-refractivity contribution in [3.8, 4) is 0 Å². The molecule has 0 saturated carbocycles. The minimum Gasteiger partial charge on any atom is -0.340 e. The van der Waals surface area contributed by atoms with E-state index in [1.54, 1.807) is 41.4 Å². The molecular weight excluding hydrogens is 423 g/mol. The molecule has 9 heteroatoms. The van der Waals surface area contributed by atoms with Gasteiger partial charge < -0.3 is 14.8 Å². The second kappa shape index (κ2) is 9.89. The molecule has 0 fully saturated rings. The molecule has 0 radical (unpaired) electrons. The van der Waals surface area contributed by atoms with E-state index >= 15 is 0 Å². The molecule has 8 nitrogen and oxygen atoms in total. The number of pyridine rings is 1. The summed E-state index contributed by atoms with van der Waals surface area (Å²) in [6, 6.07) is 11.0. The SMILES string of the molecule is CC(C)[C@H](NC(=O)c1ccccn1)c1nnc2n1CCN(C(=O)Cc1cccc(F)c1)CC2. The minimum atomic E-state index is -0.352. The third-order valence-electron chi connectivity index (χ3n) is 5.78. The van der Waals surface area contributed by atoms with Crippen molar-refractivity contribution in [2.75, 3.05) is 13.1 Å². The highest BCUT2D eigenvalue weighted by atomic mass is 19.1. The third-order valence-corrected chi connectivity index (χ3v) is 5.78. The largest absolute Gasteiger partial charge is 0.340 e. The number of carbonyl (C=O) groups excluding carboxylic acids is 2. The van der Waals surface area contributed by atoms with Crippen molar-refractivity contribution in [2.24, 2.45) is 5.92 Å².